The second-order valence-electron chi connectivity index (χ2n) is 5.39. The van der Waals surface area contributed by atoms with Gasteiger partial charge in [0.25, 0.3) is 0 Å². The first kappa shape index (κ1) is 17.3. The minimum absolute atomic E-state index is 0.190. The normalized spacial score (nSPS) is 10.8. The zero-order valence-electron chi connectivity index (χ0n) is 13.4. The summed E-state index contributed by atoms with van der Waals surface area (Å²) in [7, 11) is 0. The lowest BCUT2D eigenvalue weighted by Gasteiger charge is -2.06. The van der Waals surface area contributed by atoms with Crippen molar-refractivity contribution in [2.24, 2.45) is 0 Å². The molecule has 5 heteroatoms. The summed E-state index contributed by atoms with van der Waals surface area (Å²) in [5, 5.41) is 20.1. The number of rotatable bonds is 6. The number of phenolic OH excluding ortho intramolecular Hbond substituents is 1. The molecule has 0 heterocycles. The summed E-state index contributed by atoms with van der Waals surface area (Å²) in [5.41, 5.74) is 2.78. The number of hydrogen-bond acceptors (Lipinski definition) is 5. The molecule has 5 nitrogen and oxygen atoms in total. The molecule has 0 aliphatic rings. The van der Waals surface area contributed by atoms with Crippen molar-refractivity contribution in [3.8, 4) is 11.5 Å². The Labute approximate surface area is 139 Å². The van der Waals surface area contributed by atoms with Gasteiger partial charge in [-0.15, -0.1) is 0 Å². The highest BCUT2D eigenvalue weighted by atomic mass is 16.5. The molecule has 2 aromatic rings. The standard InChI is InChI=1S/C19H18O5/c1-12-9-14(10-13(2)19(12)23)3-8-17(20)15-4-6-16(7-5-15)24-11-18(21)22/h3-10,23H,11H2,1-2H3,(H,21,22)/p-1/b8-3+. The Kier molecular flexibility index (Phi) is 5.37. The topological polar surface area (TPSA) is 86.7 Å². The SMILES string of the molecule is Cc1cc(/C=C/C(=O)c2ccc(OCC(=O)[O-])cc2)cc(C)c1O. The van der Waals surface area contributed by atoms with Gasteiger partial charge in [0.15, 0.2) is 5.78 Å². The first-order valence-electron chi connectivity index (χ1n) is 7.32. The van der Waals surface area contributed by atoms with Crippen LogP contribution in [0.15, 0.2) is 42.5 Å². The van der Waals surface area contributed by atoms with E-state index in [0.29, 0.717) is 11.3 Å². The smallest absolute Gasteiger partial charge is 0.185 e. The van der Waals surface area contributed by atoms with Crippen molar-refractivity contribution in [2.45, 2.75) is 13.8 Å². The third-order valence-corrected chi connectivity index (χ3v) is 3.44. The zero-order chi connectivity index (χ0) is 17.7. The van der Waals surface area contributed by atoms with E-state index in [2.05, 4.69) is 0 Å². The van der Waals surface area contributed by atoms with Crippen molar-refractivity contribution in [2.75, 3.05) is 6.61 Å². The Bertz CT molecular complexity index is 765. The van der Waals surface area contributed by atoms with E-state index in [1.165, 1.54) is 18.2 Å². The molecule has 0 unspecified atom stereocenters. The van der Waals surface area contributed by atoms with Gasteiger partial charge in [-0.3, -0.25) is 4.79 Å². The summed E-state index contributed by atoms with van der Waals surface area (Å²) in [4.78, 5) is 22.5. The molecule has 2 rings (SSSR count). The van der Waals surface area contributed by atoms with Crippen LogP contribution >= 0.6 is 0 Å². The Hall–Kier alpha value is -3.08. The molecule has 0 aliphatic carbocycles. The number of ether oxygens (including phenoxy) is 1. The maximum absolute atomic E-state index is 12.2. The third-order valence-electron chi connectivity index (χ3n) is 3.44. The summed E-state index contributed by atoms with van der Waals surface area (Å²) in [5.74, 6) is -0.891. The molecule has 124 valence electrons. The van der Waals surface area contributed by atoms with Crippen LogP contribution in [0.1, 0.15) is 27.0 Å². The van der Waals surface area contributed by atoms with Gasteiger partial charge in [0.05, 0.1) is 5.97 Å². The Morgan fingerprint density at radius 2 is 1.71 bits per heavy atom. The minimum atomic E-state index is -1.31. The first-order valence-corrected chi connectivity index (χ1v) is 7.32. The second-order valence-corrected chi connectivity index (χ2v) is 5.39. The number of carboxylic acids is 1. The van der Waals surface area contributed by atoms with Crippen LogP contribution in [0.5, 0.6) is 11.5 Å². The molecule has 0 fully saturated rings. The monoisotopic (exact) mass is 325 g/mol. The van der Waals surface area contributed by atoms with Gasteiger partial charge < -0.3 is 19.7 Å². The van der Waals surface area contributed by atoms with Gasteiger partial charge in [-0.25, -0.2) is 0 Å². The Balaban J connectivity index is 2.08. The van der Waals surface area contributed by atoms with E-state index in [0.717, 1.165) is 16.7 Å². The van der Waals surface area contributed by atoms with Crippen LogP contribution in [0.2, 0.25) is 0 Å². The molecule has 0 atom stereocenters. The van der Waals surface area contributed by atoms with Crippen LogP contribution in [-0.2, 0) is 4.79 Å². The van der Waals surface area contributed by atoms with Crippen LogP contribution in [0.25, 0.3) is 6.08 Å². The first-order chi connectivity index (χ1) is 11.4. The van der Waals surface area contributed by atoms with Gasteiger partial charge in [0.1, 0.15) is 18.1 Å². The van der Waals surface area contributed by atoms with Gasteiger partial charge >= 0.3 is 0 Å². The third kappa shape index (κ3) is 4.46. The van der Waals surface area contributed by atoms with Crippen molar-refractivity contribution in [3.63, 3.8) is 0 Å². The number of carbonyl (C=O) groups excluding carboxylic acids is 2. The predicted molar refractivity (Wildman–Crippen MR) is 87.9 cm³/mol. The van der Waals surface area contributed by atoms with E-state index in [-0.39, 0.29) is 11.5 Å². The van der Waals surface area contributed by atoms with Crippen molar-refractivity contribution in [1.82, 2.24) is 0 Å². The van der Waals surface area contributed by atoms with E-state index in [1.807, 2.05) is 0 Å². The Morgan fingerprint density at radius 3 is 2.25 bits per heavy atom. The quantitative estimate of drug-likeness (QED) is 0.649. The van der Waals surface area contributed by atoms with Gasteiger partial charge in [-0.05, 0) is 73.0 Å². The number of carboxylic acid groups (broad SMARTS) is 1. The van der Waals surface area contributed by atoms with Crippen LogP contribution in [0.4, 0.5) is 0 Å². The number of carbonyl (C=O) groups is 2. The maximum atomic E-state index is 12.2. The molecule has 24 heavy (non-hydrogen) atoms. The van der Waals surface area contributed by atoms with E-state index in [9.17, 15) is 19.8 Å². The summed E-state index contributed by atoms with van der Waals surface area (Å²) in [6, 6.07) is 9.76. The summed E-state index contributed by atoms with van der Waals surface area (Å²) in [6.07, 6.45) is 3.13. The van der Waals surface area contributed by atoms with E-state index in [1.54, 1.807) is 44.2 Å². The van der Waals surface area contributed by atoms with Crippen molar-refractivity contribution in [3.05, 3.63) is 64.7 Å². The lowest BCUT2D eigenvalue weighted by Crippen LogP contribution is -2.28. The van der Waals surface area contributed by atoms with Gasteiger partial charge in [-0.2, -0.15) is 0 Å². The fraction of sp³-hybridized carbons (Fsp3) is 0.158. The molecule has 0 saturated carbocycles. The average molecular weight is 325 g/mol. The number of aromatic hydroxyl groups is 1. The van der Waals surface area contributed by atoms with Gasteiger partial charge in [-0.1, -0.05) is 6.08 Å². The highest BCUT2D eigenvalue weighted by Crippen LogP contribution is 2.23. The number of allylic oxidation sites excluding steroid dienone is 1. The van der Waals surface area contributed by atoms with Crippen molar-refractivity contribution < 1.29 is 24.5 Å². The average Bonchev–Trinajstić information content (AvgIpc) is 2.56. The second kappa shape index (κ2) is 7.46. The van der Waals surface area contributed by atoms with Crippen LogP contribution in [0.3, 0.4) is 0 Å². The molecule has 0 saturated heterocycles. The van der Waals surface area contributed by atoms with Gasteiger partial charge in [0, 0.05) is 5.56 Å². The molecular formula is C19H17O5-. The van der Waals surface area contributed by atoms with Crippen LogP contribution in [-0.4, -0.2) is 23.5 Å². The molecule has 0 radical (unpaired) electrons. The molecule has 0 aliphatic heterocycles. The fourth-order valence-electron chi connectivity index (χ4n) is 2.21. The minimum Gasteiger partial charge on any atom is -0.546 e. The van der Waals surface area contributed by atoms with Gasteiger partial charge in [0.2, 0.25) is 0 Å². The largest absolute Gasteiger partial charge is 0.546 e. The number of aliphatic carboxylic acids is 1. The number of benzene rings is 2. The number of phenols is 1. The van der Waals surface area contributed by atoms with Crippen molar-refractivity contribution >= 4 is 17.8 Å². The summed E-state index contributed by atoms with van der Waals surface area (Å²) in [6.45, 7) is 3.06. The molecule has 1 N–H and O–H groups in total. The predicted octanol–water partition coefficient (Wildman–Crippen LogP) is 2.03. The molecule has 0 amide bonds. The fourth-order valence-corrected chi connectivity index (χ4v) is 2.21. The molecule has 2 aromatic carbocycles. The summed E-state index contributed by atoms with van der Waals surface area (Å²) < 4.78 is 4.95. The van der Waals surface area contributed by atoms with Crippen LogP contribution in [0, 0.1) is 13.8 Å². The number of hydrogen-bond donors (Lipinski definition) is 1. The lowest BCUT2D eigenvalue weighted by molar-refractivity contribution is -0.307. The number of ketones is 1. The lowest BCUT2D eigenvalue weighted by atomic mass is 10.0. The molecule has 0 bridgehead atoms. The highest BCUT2D eigenvalue weighted by molar-refractivity contribution is 6.06. The zero-order valence-corrected chi connectivity index (χ0v) is 13.4. The Morgan fingerprint density at radius 1 is 1.12 bits per heavy atom. The molecule has 0 aromatic heterocycles. The maximum Gasteiger partial charge on any atom is 0.185 e. The number of aryl methyl sites for hydroxylation is 2. The highest BCUT2D eigenvalue weighted by Gasteiger charge is 2.04. The van der Waals surface area contributed by atoms with Crippen LogP contribution < -0.4 is 9.84 Å². The van der Waals surface area contributed by atoms with Crippen molar-refractivity contribution in [1.29, 1.82) is 0 Å². The summed E-state index contributed by atoms with van der Waals surface area (Å²) >= 11 is 0. The van der Waals surface area contributed by atoms with E-state index in [4.69, 9.17) is 4.74 Å². The van der Waals surface area contributed by atoms with E-state index < -0.39 is 12.6 Å². The van der Waals surface area contributed by atoms with E-state index >= 15 is 0 Å². The molecular weight excluding hydrogens is 308 g/mol. The molecule has 0 spiro atoms.